The fourth-order valence-electron chi connectivity index (χ4n) is 1.73. The number of esters is 1. The third-order valence-electron chi connectivity index (χ3n) is 3.11. The van der Waals surface area contributed by atoms with Crippen molar-refractivity contribution in [2.45, 2.75) is 38.8 Å². The summed E-state index contributed by atoms with van der Waals surface area (Å²) in [4.78, 5) is 29.1. The molecular formula is C13H27NO6P+. The summed E-state index contributed by atoms with van der Waals surface area (Å²) in [5.41, 5.74) is 0. The summed E-state index contributed by atoms with van der Waals surface area (Å²) in [5, 5.41) is 0. The molecule has 0 aromatic carbocycles. The van der Waals surface area contributed by atoms with Gasteiger partial charge in [-0.3, -0.25) is 4.52 Å². The smallest absolute Gasteiger partial charge is 0.459 e. The van der Waals surface area contributed by atoms with Crippen LogP contribution >= 0.6 is 7.82 Å². The van der Waals surface area contributed by atoms with Crippen LogP contribution in [0, 0.1) is 0 Å². The second-order valence-corrected chi connectivity index (χ2v) is 7.00. The average Bonchev–Trinajstić information content (AvgIpc) is 2.30. The molecule has 124 valence electrons. The van der Waals surface area contributed by atoms with Crippen molar-refractivity contribution in [3.05, 3.63) is 12.2 Å². The molecule has 0 saturated carbocycles. The molecule has 2 N–H and O–H groups in total. The highest BCUT2D eigenvalue weighted by Gasteiger charge is 2.31. The van der Waals surface area contributed by atoms with Crippen molar-refractivity contribution < 1.29 is 32.9 Å². The van der Waals surface area contributed by atoms with E-state index in [1.165, 1.54) is 6.08 Å². The lowest BCUT2D eigenvalue weighted by atomic mass is 10.1. The van der Waals surface area contributed by atoms with E-state index < -0.39 is 13.8 Å². The maximum absolute atomic E-state index is 11.5. The van der Waals surface area contributed by atoms with E-state index in [0.717, 1.165) is 0 Å². The molecule has 0 amide bonds. The second kappa shape index (κ2) is 8.66. The van der Waals surface area contributed by atoms with E-state index in [-0.39, 0.29) is 18.8 Å². The van der Waals surface area contributed by atoms with E-state index in [1.807, 2.05) is 28.1 Å². The Morgan fingerprint density at radius 3 is 2.29 bits per heavy atom. The van der Waals surface area contributed by atoms with E-state index >= 15 is 0 Å². The summed E-state index contributed by atoms with van der Waals surface area (Å²) >= 11 is 0. The zero-order chi connectivity index (χ0) is 16.7. The first kappa shape index (κ1) is 20.3. The highest BCUT2D eigenvalue weighted by molar-refractivity contribution is 7.46. The Hall–Kier alpha value is -0.720. The number of nitrogens with zero attached hydrogens (tertiary/aromatic N) is 1. The lowest BCUT2D eigenvalue weighted by molar-refractivity contribution is -0.897. The predicted molar refractivity (Wildman–Crippen MR) is 79.4 cm³/mol. The van der Waals surface area contributed by atoms with Gasteiger partial charge in [0.2, 0.25) is 0 Å². The van der Waals surface area contributed by atoms with E-state index in [2.05, 4.69) is 4.52 Å². The number of phosphoric ester groups is 1. The Bertz CT molecular complexity index is 398. The number of carbonyl (C=O) groups excluding carboxylic acids is 1. The van der Waals surface area contributed by atoms with Crippen molar-refractivity contribution in [3.8, 4) is 0 Å². The minimum absolute atomic E-state index is 0.106. The molecule has 2 unspecified atom stereocenters. The molecule has 0 aromatic rings. The summed E-state index contributed by atoms with van der Waals surface area (Å²) in [6.45, 7) is 3.51. The Labute approximate surface area is 126 Å². The Kier molecular flexibility index (Phi) is 8.36. The number of phosphoric acid groups is 1. The monoisotopic (exact) mass is 324 g/mol. The van der Waals surface area contributed by atoms with Gasteiger partial charge in [-0.15, -0.1) is 0 Å². The van der Waals surface area contributed by atoms with Crippen LogP contribution in [0.1, 0.15) is 26.7 Å². The molecule has 0 radical (unpaired) electrons. The fourth-order valence-corrected chi connectivity index (χ4v) is 2.10. The molecule has 7 nitrogen and oxygen atoms in total. The minimum Gasteiger partial charge on any atom is -0.459 e. The Morgan fingerprint density at radius 2 is 1.90 bits per heavy atom. The van der Waals surface area contributed by atoms with Crippen LogP contribution in [0.25, 0.3) is 0 Å². The van der Waals surface area contributed by atoms with E-state index in [1.54, 1.807) is 13.0 Å². The highest BCUT2D eigenvalue weighted by Crippen LogP contribution is 2.36. The van der Waals surface area contributed by atoms with Crippen molar-refractivity contribution in [2.75, 3.05) is 27.7 Å². The van der Waals surface area contributed by atoms with Crippen LogP contribution in [0.15, 0.2) is 12.2 Å². The molecule has 0 aromatic heterocycles. The first-order valence-electron chi connectivity index (χ1n) is 6.84. The molecule has 0 rings (SSSR count). The van der Waals surface area contributed by atoms with Gasteiger partial charge in [0.1, 0.15) is 18.8 Å². The van der Waals surface area contributed by atoms with Gasteiger partial charge >= 0.3 is 13.8 Å². The van der Waals surface area contributed by atoms with Gasteiger partial charge < -0.3 is 19.0 Å². The molecular weight excluding hydrogens is 297 g/mol. The first-order valence-corrected chi connectivity index (χ1v) is 8.37. The van der Waals surface area contributed by atoms with Gasteiger partial charge in [0, 0.05) is 12.5 Å². The SMILES string of the molecule is CC=CC(=O)OC(CC)CC(COP(=O)(O)O)[N+](C)(C)C. The Balaban J connectivity index is 4.77. The van der Waals surface area contributed by atoms with Crippen LogP contribution in [-0.4, -0.2) is 60.1 Å². The summed E-state index contributed by atoms with van der Waals surface area (Å²) < 4.78 is 21.2. The predicted octanol–water partition coefficient (Wildman–Crippen LogP) is 1.46. The third kappa shape index (κ3) is 9.77. The molecule has 21 heavy (non-hydrogen) atoms. The maximum Gasteiger partial charge on any atom is 0.469 e. The summed E-state index contributed by atoms with van der Waals surface area (Å²) in [6.07, 6.45) is 3.70. The van der Waals surface area contributed by atoms with Gasteiger partial charge in [0.15, 0.2) is 0 Å². The number of carbonyl (C=O) groups is 1. The van der Waals surface area contributed by atoms with Gasteiger partial charge in [-0.25, -0.2) is 9.36 Å². The lowest BCUT2D eigenvalue weighted by Gasteiger charge is -2.35. The van der Waals surface area contributed by atoms with Crippen LogP contribution in [-0.2, 0) is 18.6 Å². The summed E-state index contributed by atoms with van der Waals surface area (Å²) in [6, 6.07) is -0.207. The van der Waals surface area contributed by atoms with E-state index in [9.17, 15) is 9.36 Å². The van der Waals surface area contributed by atoms with Gasteiger partial charge in [-0.05, 0) is 13.3 Å². The fraction of sp³-hybridized carbons (Fsp3) is 0.769. The zero-order valence-corrected chi connectivity index (χ0v) is 14.2. The van der Waals surface area contributed by atoms with Crippen LogP contribution < -0.4 is 0 Å². The van der Waals surface area contributed by atoms with Crippen LogP contribution in [0.4, 0.5) is 0 Å². The molecule has 0 aliphatic rings. The van der Waals surface area contributed by atoms with Crippen molar-refractivity contribution >= 4 is 13.8 Å². The summed E-state index contributed by atoms with van der Waals surface area (Å²) in [5.74, 6) is -0.416. The standard InChI is InChI=1S/C13H26NO6P/c1-6-8-13(15)20-12(7-2)9-11(14(3,4)5)10-19-21(16,17)18/h6,8,11-12H,7,9-10H2,1-5H3,(H-,16,17,18)/p+1. The van der Waals surface area contributed by atoms with Crippen LogP contribution in [0.3, 0.4) is 0 Å². The van der Waals surface area contributed by atoms with E-state index in [4.69, 9.17) is 14.5 Å². The molecule has 0 heterocycles. The molecule has 2 atom stereocenters. The number of hydrogen-bond acceptors (Lipinski definition) is 4. The second-order valence-electron chi connectivity index (χ2n) is 5.76. The van der Waals surface area contributed by atoms with Gasteiger partial charge in [-0.1, -0.05) is 13.0 Å². The maximum atomic E-state index is 11.5. The van der Waals surface area contributed by atoms with E-state index in [0.29, 0.717) is 17.3 Å². The van der Waals surface area contributed by atoms with Crippen molar-refractivity contribution in [1.29, 1.82) is 0 Å². The van der Waals surface area contributed by atoms with Crippen LogP contribution in [0.2, 0.25) is 0 Å². The number of quaternary nitrogens is 1. The third-order valence-corrected chi connectivity index (χ3v) is 3.59. The molecule has 0 fully saturated rings. The topological polar surface area (TPSA) is 93.1 Å². The first-order chi connectivity index (χ1) is 9.49. The number of rotatable bonds is 9. The molecule has 8 heteroatoms. The number of likely N-dealkylation sites (N-methyl/N-ethyl adjacent to an activating group) is 1. The van der Waals surface area contributed by atoms with Crippen molar-refractivity contribution in [1.82, 2.24) is 0 Å². The molecule has 0 spiro atoms. The average molecular weight is 324 g/mol. The molecule has 0 aliphatic heterocycles. The number of ether oxygens (including phenoxy) is 1. The Morgan fingerprint density at radius 1 is 1.33 bits per heavy atom. The van der Waals surface area contributed by atoms with Gasteiger partial charge in [0.05, 0.1) is 21.1 Å². The zero-order valence-electron chi connectivity index (χ0n) is 13.4. The largest absolute Gasteiger partial charge is 0.469 e. The van der Waals surface area contributed by atoms with Gasteiger partial charge in [-0.2, -0.15) is 0 Å². The number of hydrogen-bond donors (Lipinski definition) is 2. The molecule has 0 saturated heterocycles. The van der Waals surface area contributed by atoms with Gasteiger partial charge in [0.25, 0.3) is 0 Å². The minimum atomic E-state index is -4.51. The van der Waals surface area contributed by atoms with Crippen LogP contribution in [0.5, 0.6) is 0 Å². The van der Waals surface area contributed by atoms with Crippen molar-refractivity contribution in [2.24, 2.45) is 0 Å². The molecule has 0 bridgehead atoms. The van der Waals surface area contributed by atoms with Crippen molar-refractivity contribution in [3.63, 3.8) is 0 Å². The normalized spacial score (nSPS) is 16.0. The quantitative estimate of drug-likeness (QED) is 0.289. The summed E-state index contributed by atoms with van der Waals surface area (Å²) in [7, 11) is 1.18. The molecule has 0 aliphatic carbocycles. The lowest BCUT2D eigenvalue weighted by Crippen LogP contribution is -2.49. The highest BCUT2D eigenvalue weighted by atomic mass is 31.2. The number of allylic oxidation sites excluding steroid dienone is 1.